The zero-order valence-corrected chi connectivity index (χ0v) is 12.7. The molecule has 0 radical (unpaired) electrons. The lowest BCUT2D eigenvalue weighted by atomic mass is 9.82. The molecule has 1 aromatic heterocycles. The topological polar surface area (TPSA) is 65.5 Å². The second-order valence-corrected chi connectivity index (χ2v) is 6.94. The van der Waals surface area contributed by atoms with Gasteiger partial charge in [-0.2, -0.15) is 0 Å². The number of hydrogen-bond donors (Lipinski definition) is 2. The van der Waals surface area contributed by atoms with Gasteiger partial charge in [-0.3, -0.25) is 14.7 Å². The first-order valence-corrected chi connectivity index (χ1v) is 8.36. The smallest absolute Gasteiger partial charge is 0.234 e. The highest BCUT2D eigenvalue weighted by molar-refractivity contribution is 5.78. The Balaban J connectivity index is 1.54. The van der Waals surface area contributed by atoms with Gasteiger partial charge >= 0.3 is 0 Å². The third kappa shape index (κ3) is 2.42. The molecule has 2 N–H and O–H groups in total. The van der Waals surface area contributed by atoms with Gasteiger partial charge in [0.25, 0.3) is 0 Å². The number of aliphatic hydroxyl groups is 1. The lowest BCUT2D eigenvalue weighted by Crippen LogP contribution is -2.56. The van der Waals surface area contributed by atoms with Crippen molar-refractivity contribution in [2.45, 2.75) is 62.3 Å². The minimum atomic E-state index is -0.922. The molecule has 4 rings (SSSR count). The van der Waals surface area contributed by atoms with Crippen molar-refractivity contribution in [2.75, 3.05) is 6.54 Å². The lowest BCUT2D eigenvalue weighted by Gasteiger charge is -2.45. The number of nitrogens with zero attached hydrogens (tertiary/aromatic N) is 2. The summed E-state index contributed by atoms with van der Waals surface area (Å²) in [5, 5.41) is 14.3. The van der Waals surface area contributed by atoms with Gasteiger partial charge in [0.2, 0.25) is 5.91 Å². The van der Waals surface area contributed by atoms with E-state index in [1.54, 1.807) is 6.20 Å². The zero-order chi connectivity index (χ0) is 15.2. The number of aromatic nitrogens is 1. The number of amides is 1. The van der Waals surface area contributed by atoms with Crippen LogP contribution < -0.4 is 5.32 Å². The van der Waals surface area contributed by atoms with E-state index in [0.29, 0.717) is 18.6 Å². The molecular weight excluding hydrogens is 278 g/mol. The highest BCUT2D eigenvalue weighted by atomic mass is 16.3. The van der Waals surface area contributed by atoms with E-state index in [1.165, 1.54) is 0 Å². The van der Waals surface area contributed by atoms with Crippen LogP contribution in [0.25, 0.3) is 0 Å². The molecule has 2 aliphatic heterocycles. The van der Waals surface area contributed by atoms with Crippen LogP contribution in [0.5, 0.6) is 0 Å². The Kier molecular flexibility index (Phi) is 3.42. The minimum absolute atomic E-state index is 0.00565. The standard InChI is InChI=1S/C17H23N3O2/c21-16(19-12-4-5-12)11-20-13-6-7-15(20)17(22,9-8-13)14-3-1-2-10-18-14/h1-3,10,12-13,15,22H,4-9,11H2,(H,19,21). The van der Waals surface area contributed by atoms with Crippen LogP contribution in [-0.4, -0.2) is 45.6 Å². The summed E-state index contributed by atoms with van der Waals surface area (Å²) >= 11 is 0. The first kappa shape index (κ1) is 14.2. The van der Waals surface area contributed by atoms with E-state index in [0.717, 1.165) is 44.2 Å². The molecule has 0 aromatic carbocycles. The molecule has 3 aliphatic rings. The molecule has 2 saturated heterocycles. The number of piperidine rings is 1. The molecular formula is C17H23N3O2. The summed E-state index contributed by atoms with van der Waals surface area (Å²) in [5.41, 5.74) is -0.179. The Hall–Kier alpha value is -1.46. The van der Waals surface area contributed by atoms with Gasteiger partial charge in [0.1, 0.15) is 5.60 Å². The Bertz CT molecular complexity index is 560. The monoisotopic (exact) mass is 301 g/mol. The van der Waals surface area contributed by atoms with Gasteiger partial charge in [-0.05, 0) is 50.7 Å². The number of nitrogens with one attached hydrogen (secondary N) is 1. The summed E-state index contributed by atoms with van der Waals surface area (Å²) in [4.78, 5) is 18.8. The van der Waals surface area contributed by atoms with E-state index in [2.05, 4.69) is 15.2 Å². The molecule has 5 heteroatoms. The van der Waals surface area contributed by atoms with E-state index >= 15 is 0 Å². The molecule has 3 fully saturated rings. The van der Waals surface area contributed by atoms with E-state index in [-0.39, 0.29) is 11.9 Å². The molecule has 1 aliphatic carbocycles. The zero-order valence-electron chi connectivity index (χ0n) is 12.7. The van der Waals surface area contributed by atoms with Crippen molar-refractivity contribution in [1.82, 2.24) is 15.2 Å². The molecule has 1 saturated carbocycles. The average Bonchev–Trinajstić information content (AvgIpc) is 3.27. The predicted molar refractivity (Wildman–Crippen MR) is 82.0 cm³/mol. The summed E-state index contributed by atoms with van der Waals surface area (Å²) < 4.78 is 0. The van der Waals surface area contributed by atoms with E-state index in [4.69, 9.17) is 0 Å². The Labute approximate surface area is 130 Å². The number of pyridine rings is 1. The molecule has 3 heterocycles. The highest BCUT2D eigenvalue weighted by Gasteiger charge is 2.52. The summed E-state index contributed by atoms with van der Waals surface area (Å²) in [6.45, 7) is 0.404. The fourth-order valence-corrected chi connectivity index (χ4v) is 4.14. The maximum absolute atomic E-state index is 12.2. The number of carbonyl (C=O) groups excluding carboxylic acids is 1. The molecule has 0 spiro atoms. The predicted octanol–water partition coefficient (Wildman–Crippen LogP) is 1.17. The number of fused-ring (bicyclic) bond motifs is 2. The van der Waals surface area contributed by atoms with Gasteiger partial charge < -0.3 is 10.4 Å². The molecule has 118 valence electrons. The highest BCUT2D eigenvalue weighted by Crippen LogP contribution is 2.46. The van der Waals surface area contributed by atoms with E-state index < -0.39 is 5.60 Å². The molecule has 2 bridgehead atoms. The fourth-order valence-electron chi connectivity index (χ4n) is 4.14. The van der Waals surface area contributed by atoms with Crippen LogP contribution in [0, 0.1) is 0 Å². The van der Waals surface area contributed by atoms with Gasteiger partial charge in [-0.25, -0.2) is 0 Å². The van der Waals surface area contributed by atoms with Crippen LogP contribution in [0.15, 0.2) is 24.4 Å². The maximum Gasteiger partial charge on any atom is 0.234 e. The van der Waals surface area contributed by atoms with Crippen molar-refractivity contribution >= 4 is 5.91 Å². The average molecular weight is 301 g/mol. The van der Waals surface area contributed by atoms with Crippen LogP contribution in [0.2, 0.25) is 0 Å². The van der Waals surface area contributed by atoms with Crippen molar-refractivity contribution < 1.29 is 9.90 Å². The first-order chi connectivity index (χ1) is 10.7. The fraction of sp³-hybridized carbons (Fsp3) is 0.647. The molecule has 5 nitrogen and oxygen atoms in total. The van der Waals surface area contributed by atoms with Crippen molar-refractivity contribution in [3.8, 4) is 0 Å². The van der Waals surface area contributed by atoms with E-state index in [9.17, 15) is 9.90 Å². The second-order valence-electron chi connectivity index (χ2n) is 6.94. The van der Waals surface area contributed by atoms with Crippen molar-refractivity contribution in [3.63, 3.8) is 0 Å². The van der Waals surface area contributed by atoms with Gasteiger partial charge in [0.05, 0.1) is 12.2 Å². The second kappa shape index (κ2) is 5.32. The summed E-state index contributed by atoms with van der Waals surface area (Å²) in [7, 11) is 0. The largest absolute Gasteiger partial charge is 0.382 e. The molecule has 3 atom stereocenters. The normalized spacial score (nSPS) is 34.6. The molecule has 1 amide bonds. The molecule has 1 aromatic rings. The minimum Gasteiger partial charge on any atom is -0.382 e. The Morgan fingerprint density at radius 1 is 1.32 bits per heavy atom. The lowest BCUT2D eigenvalue weighted by molar-refractivity contribution is -0.128. The van der Waals surface area contributed by atoms with Crippen molar-refractivity contribution in [3.05, 3.63) is 30.1 Å². The van der Waals surface area contributed by atoms with Crippen LogP contribution in [0.3, 0.4) is 0 Å². The van der Waals surface area contributed by atoms with Gasteiger partial charge in [-0.1, -0.05) is 6.07 Å². The SMILES string of the molecule is O=C(CN1C2CCC1C(O)(c1ccccn1)CC2)NC1CC1. The summed E-state index contributed by atoms with van der Waals surface area (Å²) in [6.07, 6.45) is 7.62. The van der Waals surface area contributed by atoms with Gasteiger partial charge in [0, 0.05) is 24.3 Å². The number of carbonyl (C=O) groups is 1. The van der Waals surface area contributed by atoms with Crippen LogP contribution in [0.1, 0.15) is 44.2 Å². The number of rotatable bonds is 4. The molecule has 3 unspecified atom stereocenters. The van der Waals surface area contributed by atoms with Crippen molar-refractivity contribution in [1.29, 1.82) is 0 Å². The summed E-state index contributed by atoms with van der Waals surface area (Å²) in [6, 6.07) is 6.52. The molecule has 22 heavy (non-hydrogen) atoms. The van der Waals surface area contributed by atoms with Gasteiger partial charge in [0.15, 0.2) is 0 Å². The van der Waals surface area contributed by atoms with Crippen molar-refractivity contribution in [2.24, 2.45) is 0 Å². The Morgan fingerprint density at radius 2 is 2.18 bits per heavy atom. The Morgan fingerprint density at radius 3 is 2.91 bits per heavy atom. The summed E-state index contributed by atoms with van der Waals surface area (Å²) in [5.74, 6) is 0.102. The third-order valence-electron chi connectivity index (χ3n) is 5.43. The number of hydrogen-bond acceptors (Lipinski definition) is 4. The third-order valence-corrected chi connectivity index (χ3v) is 5.43. The maximum atomic E-state index is 12.2. The first-order valence-electron chi connectivity index (χ1n) is 8.36. The van der Waals surface area contributed by atoms with Crippen LogP contribution in [0.4, 0.5) is 0 Å². The van der Waals surface area contributed by atoms with Gasteiger partial charge in [-0.15, -0.1) is 0 Å². The van der Waals surface area contributed by atoms with Crippen LogP contribution >= 0.6 is 0 Å². The van der Waals surface area contributed by atoms with Crippen LogP contribution in [-0.2, 0) is 10.4 Å². The van der Waals surface area contributed by atoms with E-state index in [1.807, 2.05) is 18.2 Å². The quantitative estimate of drug-likeness (QED) is 0.876.